The van der Waals surface area contributed by atoms with Gasteiger partial charge in [-0.1, -0.05) is 0 Å². The molecule has 2 aromatic carbocycles. The van der Waals surface area contributed by atoms with Crippen LogP contribution in [0.3, 0.4) is 0 Å². The molecule has 0 amide bonds. The molecule has 0 spiro atoms. The maximum absolute atomic E-state index is 15.8. The van der Waals surface area contributed by atoms with E-state index in [4.69, 9.17) is 0 Å². The first-order valence-corrected chi connectivity index (χ1v) is 13.5. The zero-order valence-corrected chi connectivity index (χ0v) is 19.6. The van der Waals surface area contributed by atoms with Gasteiger partial charge in [0, 0.05) is 0 Å². The van der Waals surface area contributed by atoms with Gasteiger partial charge >= 0.3 is 184 Å². The maximum atomic E-state index is 15.8. The number of allylic oxidation sites excluding steroid dienone is 8. The van der Waals surface area contributed by atoms with Crippen molar-refractivity contribution in [3.63, 3.8) is 0 Å². The Morgan fingerprint density at radius 1 is 0.613 bits per heavy atom. The van der Waals surface area contributed by atoms with E-state index in [2.05, 4.69) is 0 Å². The Hall–Kier alpha value is -2.17. The first kappa shape index (κ1) is 22.0. The van der Waals surface area contributed by atoms with Crippen LogP contribution in [0.2, 0.25) is 0 Å². The van der Waals surface area contributed by atoms with Gasteiger partial charge in [-0.05, 0) is 0 Å². The van der Waals surface area contributed by atoms with Crippen LogP contribution >= 0.6 is 0 Å². The van der Waals surface area contributed by atoms with Crippen molar-refractivity contribution in [2.45, 2.75) is 40.5 Å². The van der Waals surface area contributed by atoms with Crippen molar-refractivity contribution in [3.8, 4) is 0 Å². The van der Waals surface area contributed by atoms with Crippen LogP contribution in [0.25, 0.3) is 0 Å². The van der Waals surface area contributed by atoms with Crippen LogP contribution in [0.5, 0.6) is 0 Å². The average molecular weight is 460 g/mol. The molecule has 4 rings (SSSR count). The third kappa shape index (κ3) is 3.23. The number of aryl methyl sites for hydroxylation is 2. The molecule has 0 heterocycles. The van der Waals surface area contributed by atoms with Crippen LogP contribution in [-0.2, 0) is 16.6 Å². The molecule has 2 aliphatic rings. The van der Waals surface area contributed by atoms with Gasteiger partial charge in [-0.25, -0.2) is 0 Å². The summed E-state index contributed by atoms with van der Waals surface area (Å²) in [6, 6.07) is 5.23. The Bertz CT molecular complexity index is 1120. The summed E-state index contributed by atoms with van der Waals surface area (Å²) in [4.78, 5) is 0. The fourth-order valence-electron chi connectivity index (χ4n) is 5.04. The molecule has 0 aromatic heterocycles. The van der Waals surface area contributed by atoms with Crippen LogP contribution < -0.4 is 7.74 Å². The average Bonchev–Trinajstić information content (AvgIpc) is 3.35. The summed E-state index contributed by atoms with van der Waals surface area (Å²) in [6.07, 6.45) is 8.49. The van der Waals surface area contributed by atoms with Gasteiger partial charge in [-0.2, -0.15) is 0 Å². The van der Waals surface area contributed by atoms with Gasteiger partial charge in [-0.15, -0.1) is 0 Å². The van der Waals surface area contributed by atoms with E-state index < -0.39 is 39.9 Å². The van der Waals surface area contributed by atoms with Gasteiger partial charge in [0.05, 0.1) is 0 Å². The SMILES string of the molecule is CC1=[C]([Ti]([C]2=C(C)C=CC2)([c]2c(F)ccc(C)c2F)[c]2c(F)ccc(C)c2F)CC=C1. The Balaban J connectivity index is 2.30. The van der Waals surface area contributed by atoms with Crippen LogP contribution in [-0.4, -0.2) is 0 Å². The summed E-state index contributed by atoms with van der Waals surface area (Å²) in [5, 5.41) is 0. The molecule has 0 bridgehead atoms. The molecule has 0 saturated heterocycles. The van der Waals surface area contributed by atoms with Crippen LogP contribution in [0.4, 0.5) is 17.6 Å². The summed E-state index contributed by atoms with van der Waals surface area (Å²) >= 11 is -4.68. The molecule has 0 N–H and O–H groups in total. The van der Waals surface area contributed by atoms with Crippen LogP contribution in [0.1, 0.15) is 37.8 Å². The molecule has 0 unspecified atom stereocenters. The van der Waals surface area contributed by atoms with Gasteiger partial charge in [0.2, 0.25) is 0 Å². The standard InChI is InChI=1S/2C7H5F2.2C6H7.Ti/c2*1-5-2-3-6(8)4-7(5)9;2*1-6-4-2-3-5-6;/h2*2-3H,1H3;2*2,4H,3H2,1H3;. The van der Waals surface area contributed by atoms with Crippen molar-refractivity contribution >= 4 is 7.74 Å². The van der Waals surface area contributed by atoms with Crippen molar-refractivity contribution in [3.05, 3.63) is 102 Å². The third-order valence-electron chi connectivity index (χ3n) is 6.56. The van der Waals surface area contributed by atoms with Crippen molar-refractivity contribution in [2.75, 3.05) is 0 Å². The van der Waals surface area contributed by atoms with E-state index in [1.807, 2.05) is 38.2 Å². The number of hydrogen-bond acceptors (Lipinski definition) is 0. The van der Waals surface area contributed by atoms with Gasteiger partial charge in [0.25, 0.3) is 0 Å². The molecule has 0 aliphatic heterocycles. The number of hydrogen-bond donors (Lipinski definition) is 0. The minimum absolute atomic E-state index is 0.125. The Morgan fingerprint density at radius 3 is 1.32 bits per heavy atom. The third-order valence-corrected chi connectivity index (χ3v) is 15.0. The second kappa shape index (κ2) is 8.07. The monoisotopic (exact) mass is 460 g/mol. The van der Waals surface area contributed by atoms with E-state index in [-0.39, 0.29) is 18.9 Å². The summed E-state index contributed by atoms with van der Waals surface area (Å²) in [7, 11) is 0. The molecule has 0 radical (unpaired) electrons. The number of benzene rings is 2. The Kier molecular flexibility index (Phi) is 5.74. The molecule has 31 heavy (non-hydrogen) atoms. The molecule has 5 heteroatoms. The first-order chi connectivity index (χ1) is 14.7. The molecule has 0 fully saturated rings. The number of halogens is 4. The molecule has 160 valence electrons. The molecular formula is C26H24F4Ti. The molecule has 0 nitrogen and oxygen atoms in total. The van der Waals surface area contributed by atoms with E-state index in [1.54, 1.807) is 13.8 Å². The minimum atomic E-state index is -4.68. The first-order valence-electron chi connectivity index (χ1n) is 10.3. The Morgan fingerprint density at radius 2 is 1.00 bits per heavy atom. The molecule has 0 saturated carbocycles. The van der Waals surface area contributed by atoms with Gasteiger partial charge in [0.1, 0.15) is 0 Å². The van der Waals surface area contributed by atoms with E-state index in [0.29, 0.717) is 12.8 Å². The fraction of sp³-hybridized carbons (Fsp3) is 0.231. The Labute approximate surface area is 184 Å². The van der Waals surface area contributed by atoms with E-state index in [9.17, 15) is 0 Å². The summed E-state index contributed by atoms with van der Waals surface area (Å²) in [5.74, 6) is -2.86. The topological polar surface area (TPSA) is 0 Å². The predicted molar refractivity (Wildman–Crippen MR) is 114 cm³/mol. The van der Waals surface area contributed by atoms with Crippen molar-refractivity contribution in [2.24, 2.45) is 0 Å². The van der Waals surface area contributed by atoms with Crippen LogP contribution in [0, 0.1) is 37.1 Å². The van der Waals surface area contributed by atoms with Gasteiger partial charge in [0.15, 0.2) is 0 Å². The predicted octanol–water partition coefficient (Wildman–Crippen LogP) is 6.43. The van der Waals surface area contributed by atoms with E-state index in [0.717, 1.165) is 18.9 Å². The van der Waals surface area contributed by atoms with Crippen molar-refractivity contribution in [1.82, 2.24) is 0 Å². The van der Waals surface area contributed by atoms with Crippen molar-refractivity contribution in [1.29, 1.82) is 0 Å². The summed E-state index contributed by atoms with van der Waals surface area (Å²) < 4.78 is 64.2. The van der Waals surface area contributed by atoms with E-state index >= 15 is 17.6 Å². The molecular weight excluding hydrogens is 436 g/mol. The molecule has 0 atom stereocenters. The van der Waals surface area contributed by atoms with Crippen LogP contribution in [0.15, 0.2) is 67.5 Å². The number of rotatable bonds is 4. The van der Waals surface area contributed by atoms with Gasteiger partial charge < -0.3 is 0 Å². The van der Waals surface area contributed by atoms with E-state index in [1.165, 1.54) is 24.3 Å². The normalized spacial score (nSPS) is 16.3. The molecule has 2 aliphatic carbocycles. The summed E-state index contributed by atoms with van der Waals surface area (Å²) in [6.45, 7) is 6.87. The quantitative estimate of drug-likeness (QED) is 0.364. The second-order valence-electron chi connectivity index (χ2n) is 8.39. The van der Waals surface area contributed by atoms with Crippen molar-refractivity contribution < 1.29 is 34.2 Å². The fourth-order valence-corrected chi connectivity index (χ4v) is 14.3. The zero-order valence-electron chi connectivity index (χ0n) is 18.0. The van der Waals surface area contributed by atoms with Gasteiger partial charge in [-0.3, -0.25) is 0 Å². The second-order valence-corrected chi connectivity index (χ2v) is 14.2. The molecule has 2 aromatic rings. The summed E-state index contributed by atoms with van der Waals surface area (Å²) in [5.41, 5.74) is 2.22. The zero-order chi connectivity index (χ0) is 22.5.